The summed E-state index contributed by atoms with van der Waals surface area (Å²) in [6.07, 6.45) is 17.3. The van der Waals surface area contributed by atoms with Crippen LogP contribution in [0.3, 0.4) is 0 Å². The van der Waals surface area contributed by atoms with Gasteiger partial charge < -0.3 is 29.4 Å². The fourth-order valence-electron chi connectivity index (χ4n) is 7.97. The maximum absolute atomic E-state index is 13.0. The number of anilines is 1. The standard InChI is InChI=1S/C46H66N2O6/c1-5-6-7-8-9-10-11-12-13-14-15-16-17-21-44(50)47-40-20-18-19-38(28-40)46-53-43(34(2)45(54-46)36-24-22-35(33-49)23-25-36)32-48-27-26-37-29-41(51-3)42(52-4)30-39(37)31-48/h18-20,22-25,28-30,34,43,45-46,49H,5-17,21,26-27,31-33H2,1-4H3,(H,47,50)/t34-,43+,45+,46?/m0/s1. The normalized spacial score (nSPS) is 20.0. The van der Waals surface area contributed by atoms with Gasteiger partial charge in [0, 0.05) is 43.2 Å². The molecule has 1 saturated heterocycles. The van der Waals surface area contributed by atoms with E-state index in [0.29, 0.717) is 6.42 Å². The number of ether oxygens (including phenoxy) is 4. The summed E-state index contributed by atoms with van der Waals surface area (Å²) in [5.41, 5.74) is 6.10. The lowest BCUT2D eigenvalue weighted by Crippen LogP contribution is -2.45. The molecular weight excluding hydrogens is 677 g/mol. The molecule has 0 radical (unpaired) electrons. The van der Waals surface area contributed by atoms with E-state index < -0.39 is 6.29 Å². The van der Waals surface area contributed by atoms with Gasteiger partial charge in [-0.2, -0.15) is 0 Å². The third-order valence-electron chi connectivity index (χ3n) is 11.3. The highest BCUT2D eigenvalue weighted by molar-refractivity contribution is 5.90. The summed E-state index contributed by atoms with van der Waals surface area (Å²) < 4.78 is 24.7. The molecule has 0 spiro atoms. The summed E-state index contributed by atoms with van der Waals surface area (Å²) >= 11 is 0. The number of methoxy groups -OCH3 is 2. The van der Waals surface area contributed by atoms with Gasteiger partial charge in [0.05, 0.1) is 33.0 Å². The van der Waals surface area contributed by atoms with E-state index in [1.807, 2.05) is 36.4 Å². The SMILES string of the molecule is CCCCCCCCCCCCCCCC(=O)Nc1cccc(C2O[C@H](CN3CCc4cc(OC)c(OC)cc4C3)[C@H](C)[C@H](c3ccc(CO)cc3)O2)c1. The van der Waals surface area contributed by atoms with E-state index in [2.05, 4.69) is 48.3 Å². The van der Waals surface area contributed by atoms with Crippen molar-refractivity contribution < 1.29 is 28.8 Å². The predicted octanol–water partition coefficient (Wildman–Crippen LogP) is 10.5. The second kappa shape index (κ2) is 22.2. The van der Waals surface area contributed by atoms with Crippen molar-refractivity contribution in [2.45, 2.75) is 142 Å². The van der Waals surface area contributed by atoms with Crippen molar-refractivity contribution in [2.24, 2.45) is 5.92 Å². The average molecular weight is 743 g/mol. The number of hydrogen-bond donors (Lipinski definition) is 2. The first-order valence-electron chi connectivity index (χ1n) is 20.8. The van der Waals surface area contributed by atoms with Crippen LogP contribution in [-0.2, 0) is 33.8 Å². The highest BCUT2D eigenvalue weighted by atomic mass is 16.7. The molecule has 296 valence electrons. The van der Waals surface area contributed by atoms with Crippen LogP contribution in [0, 0.1) is 5.92 Å². The number of amides is 1. The highest BCUT2D eigenvalue weighted by Gasteiger charge is 2.39. The topological polar surface area (TPSA) is 89.5 Å². The van der Waals surface area contributed by atoms with Crippen LogP contribution in [0.2, 0.25) is 0 Å². The van der Waals surface area contributed by atoms with E-state index in [1.165, 1.54) is 81.8 Å². The minimum absolute atomic E-state index is 0.000677. The van der Waals surface area contributed by atoms with Gasteiger partial charge in [-0.3, -0.25) is 9.69 Å². The first-order valence-corrected chi connectivity index (χ1v) is 20.8. The van der Waals surface area contributed by atoms with Gasteiger partial charge in [0.15, 0.2) is 17.8 Å². The Hall–Kier alpha value is -3.43. The number of unbranched alkanes of at least 4 members (excludes halogenated alkanes) is 12. The Balaban J connectivity index is 1.15. The quantitative estimate of drug-likeness (QED) is 0.0991. The lowest BCUT2D eigenvalue weighted by atomic mass is 9.89. The third kappa shape index (κ3) is 12.3. The molecule has 0 aromatic heterocycles. The summed E-state index contributed by atoms with van der Waals surface area (Å²) in [6.45, 7) is 6.93. The lowest BCUT2D eigenvalue weighted by molar-refractivity contribution is -0.276. The van der Waals surface area contributed by atoms with Crippen LogP contribution in [0.25, 0.3) is 0 Å². The van der Waals surface area contributed by atoms with Crippen LogP contribution >= 0.6 is 0 Å². The molecule has 8 nitrogen and oxygen atoms in total. The summed E-state index contributed by atoms with van der Waals surface area (Å²) in [6, 6.07) is 20.1. The number of benzene rings is 3. The Labute approximate surface area is 324 Å². The van der Waals surface area contributed by atoms with Crippen LogP contribution in [0.5, 0.6) is 11.5 Å². The molecule has 0 saturated carbocycles. The molecule has 0 aliphatic carbocycles. The number of nitrogens with zero attached hydrogens (tertiary/aromatic N) is 1. The molecule has 1 amide bonds. The molecule has 54 heavy (non-hydrogen) atoms. The van der Waals surface area contributed by atoms with Crippen molar-refractivity contribution in [1.82, 2.24) is 4.90 Å². The average Bonchev–Trinajstić information content (AvgIpc) is 3.20. The number of fused-ring (bicyclic) bond motifs is 1. The van der Waals surface area contributed by atoms with E-state index in [4.69, 9.17) is 18.9 Å². The second-order valence-corrected chi connectivity index (χ2v) is 15.4. The van der Waals surface area contributed by atoms with E-state index >= 15 is 0 Å². The van der Waals surface area contributed by atoms with Crippen molar-refractivity contribution in [3.63, 3.8) is 0 Å². The Kier molecular flexibility index (Phi) is 17.2. The van der Waals surface area contributed by atoms with Crippen LogP contribution in [0.15, 0.2) is 60.7 Å². The maximum atomic E-state index is 13.0. The van der Waals surface area contributed by atoms with Crippen LogP contribution < -0.4 is 14.8 Å². The largest absolute Gasteiger partial charge is 0.493 e. The minimum atomic E-state index is -0.604. The summed E-state index contributed by atoms with van der Waals surface area (Å²) in [5, 5.41) is 12.8. The van der Waals surface area contributed by atoms with Crippen molar-refractivity contribution in [3.05, 3.63) is 88.5 Å². The van der Waals surface area contributed by atoms with Gasteiger partial charge in [-0.05, 0) is 59.4 Å². The molecule has 3 aromatic rings. The Bertz CT molecular complexity index is 1560. The van der Waals surface area contributed by atoms with Gasteiger partial charge in [0.1, 0.15) is 0 Å². The van der Waals surface area contributed by atoms with Crippen molar-refractivity contribution in [2.75, 3.05) is 32.6 Å². The zero-order valence-corrected chi connectivity index (χ0v) is 33.5. The van der Waals surface area contributed by atoms with Crippen LogP contribution in [-0.4, -0.2) is 49.3 Å². The summed E-state index contributed by atoms with van der Waals surface area (Å²) in [7, 11) is 3.36. The van der Waals surface area contributed by atoms with Crippen LogP contribution in [0.4, 0.5) is 5.69 Å². The van der Waals surface area contributed by atoms with E-state index in [0.717, 1.165) is 72.8 Å². The molecule has 0 bridgehead atoms. The minimum Gasteiger partial charge on any atom is -0.493 e. The van der Waals surface area contributed by atoms with Gasteiger partial charge in [-0.15, -0.1) is 0 Å². The molecule has 5 rings (SSSR count). The fourth-order valence-corrected chi connectivity index (χ4v) is 7.97. The number of nitrogens with one attached hydrogen (secondary N) is 1. The summed E-state index contributed by atoms with van der Waals surface area (Å²) in [4.78, 5) is 15.4. The van der Waals surface area contributed by atoms with Gasteiger partial charge in [-0.25, -0.2) is 0 Å². The molecule has 2 aliphatic heterocycles. The molecule has 1 fully saturated rings. The van der Waals surface area contributed by atoms with Gasteiger partial charge in [0.25, 0.3) is 0 Å². The lowest BCUT2D eigenvalue weighted by Gasteiger charge is -2.43. The molecule has 2 aliphatic rings. The Morgan fingerprint density at radius 3 is 2.06 bits per heavy atom. The molecule has 2 N–H and O–H groups in total. The zero-order valence-electron chi connectivity index (χ0n) is 33.5. The van der Waals surface area contributed by atoms with Gasteiger partial charge >= 0.3 is 0 Å². The molecule has 4 atom stereocenters. The van der Waals surface area contributed by atoms with Gasteiger partial charge in [-0.1, -0.05) is 127 Å². The fraction of sp³-hybridized carbons (Fsp3) is 0.587. The van der Waals surface area contributed by atoms with E-state index in [-0.39, 0.29) is 30.6 Å². The third-order valence-corrected chi connectivity index (χ3v) is 11.3. The number of aliphatic hydroxyl groups is 1. The monoisotopic (exact) mass is 742 g/mol. The zero-order chi connectivity index (χ0) is 38.1. The number of carbonyl (C=O) groups excluding carboxylic acids is 1. The first-order chi connectivity index (χ1) is 26.4. The predicted molar refractivity (Wildman–Crippen MR) is 217 cm³/mol. The van der Waals surface area contributed by atoms with Gasteiger partial charge in [0.2, 0.25) is 5.91 Å². The first kappa shape index (κ1) is 41.7. The number of hydrogen-bond acceptors (Lipinski definition) is 7. The summed E-state index contributed by atoms with van der Waals surface area (Å²) in [5.74, 6) is 1.63. The van der Waals surface area contributed by atoms with E-state index in [1.54, 1.807) is 14.2 Å². The molecular formula is C46H66N2O6. The molecule has 8 heteroatoms. The number of carbonyl (C=O) groups is 1. The van der Waals surface area contributed by atoms with E-state index in [9.17, 15) is 9.90 Å². The van der Waals surface area contributed by atoms with Crippen molar-refractivity contribution in [3.8, 4) is 11.5 Å². The Morgan fingerprint density at radius 1 is 0.796 bits per heavy atom. The number of rotatable bonds is 22. The molecule has 3 aromatic carbocycles. The number of aliphatic hydroxyl groups excluding tert-OH is 1. The van der Waals surface area contributed by atoms with Crippen LogP contribution in [0.1, 0.15) is 144 Å². The Morgan fingerprint density at radius 2 is 1.43 bits per heavy atom. The van der Waals surface area contributed by atoms with Crippen molar-refractivity contribution in [1.29, 1.82) is 0 Å². The molecule has 1 unspecified atom stereocenters. The van der Waals surface area contributed by atoms with Crippen molar-refractivity contribution >= 4 is 11.6 Å². The smallest absolute Gasteiger partial charge is 0.224 e. The maximum Gasteiger partial charge on any atom is 0.224 e. The second-order valence-electron chi connectivity index (χ2n) is 15.4. The molecule has 2 heterocycles. The highest BCUT2D eigenvalue weighted by Crippen LogP contribution is 2.43.